The zero-order valence-electron chi connectivity index (χ0n) is 11.1. The topological polar surface area (TPSA) is 62.3 Å². The van der Waals surface area contributed by atoms with Gasteiger partial charge in [-0.05, 0) is 18.4 Å². The summed E-state index contributed by atoms with van der Waals surface area (Å²) < 4.78 is 5.85. The van der Waals surface area contributed by atoms with Gasteiger partial charge in [-0.2, -0.15) is 0 Å². The summed E-state index contributed by atoms with van der Waals surface area (Å²) in [5.41, 5.74) is 6.93. The number of amidine groups is 1. The van der Waals surface area contributed by atoms with Crippen molar-refractivity contribution in [1.82, 2.24) is 4.90 Å². The van der Waals surface area contributed by atoms with Gasteiger partial charge in [0.15, 0.2) is 0 Å². The third-order valence-electron chi connectivity index (χ3n) is 4.14. The summed E-state index contributed by atoms with van der Waals surface area (Å²) >= 11 is 0. The van der Waals surface area contributed by atoms with Crippen LogP contribution in [0.2, 0.25) is 0 Å². The monoisotopic (exact) mass is 259 g/mol. The number of likely N-dealkylation sites (tertiary alicyclic amines) is 1. The zero-order valence-corrected chi connectivity index (χ0v) is 11.1. The van der Waals surface area contributed by atoms with E-state index in [0.29, 0.717) is 12.2 Å². The molecule has 0 amide bonds. The Bertz CT molecular complexity index is 436. The molecule has 0 aliphatic carbocycles. The molecule has 0 radical (unpaired) electrons. The Morgan fingerprint density at radius 1 is 1.26 bits per heavy atom. The molecule has 1 aromatic carbocycles. The molecule has 2 fully saturated rings. The second-order valence-corrected chi connectivity index (χ2v) is 5.59. The number of nitrogens with zero attached hydrogens (tertiary/aromatic N) is 1. The van der Waals surface area contributed by atoms with Gasteiger partial charge in [0.05, 0.1) is 24.0 Å². The van der Waals surface area contributed by atoms with Crippen LogP contribution in [0.1, 0.15) is 24.3 Å². The van der Waals surface area contributed by atoms with Crippen molar-refractivity contribution in [1.29, 1.82) is 5.41 Å². The van der Waals surface area contributed by atoms with Crippen LogP contribution in [-0.2, 0) is 4.74 Å². The van der Waals surface area contributed by atoms with Crippen molar-refractivity contribution in [3.8, 4) is 0 Å². The van der Waals surface area contributed by atoms with E-state index in [1.807, 2.05) is 18.2 Å². The zero-order chi connectivity index (χ0) is 13.2. The molecule has 19 heavy (non-hydrogen) atoms. The van der Waals surface area contributed by atoms with Crippen molar-refractivity contribution < 1.29 is 4.74 Å². The summed E-state index contributed by atoms with van der Waals surface area (Å²) in [6.07, 6.45) is 3.14. The van der Waals surface area contributed by atoms with Crippen LogP contribution in [0, 0.1) is 5.41 Å². The highest BCUT2D eigenvalue weighted by Gasteiger charge is 2.34. The fourth-order valence-corrected chi connectivity index (χ4v) is 3.18. The lowest BCUT2D eigenvalue weighted by molar-refractivity contribution is -0.0384. The molecule has 2 aliphatic rings. The molecule has 2 aliphatic heterocycles. The van der Waals surface area contributed by atoms with E-state index in [2.05, 4.69) is 17.0 Å². The smallest absolute Gasteiger partial charge is 0.0995 e. The van der Waals surface area contributed by atoms with Crippen molar-refractivity contribution in [3.63, 3.8) is 0 Å². The summed E-state index contributed by atoms with van der Waals surface area (Å²) in [6, 6.07) is 10.1. The Balaban J connectivity index is 1.70. The van der Waals surface area contributed by atoms with Crippen LogP contribution in [0.25, 0.3) is 0 Å². The van der Waals surface area contributed by atoms with Gasteiger partial charge in [-0.3, -0.25) is 10.3 Å². The highest BCUT2D eigenvalue weighted by molar-refractivity contribution is 5.84. The van der Waals surface area contributed by atoms with Crippen molar-refractivity contribution in [3.05, 3.63) is 35.9 Å². The lowest BCUT2D eigenvalue weighted by atomic mass is 9.97. The standard InChI is InChI=1S/C15H21N3O/c16-15(17)14(11-4-2-1-3-5-11)10-18-8-12-6-7-13(9-18)19-12/h1-5,12-14H,6-10H2,(H3,16,17). The van der Waals surface area contributed by atoms with Crippen LogP contribution in [0.3, 0.4) is 0 Å². The molecule has 3 N–H and O–H groups in total. The average molecular weight is 259 g/mol. The average Bonchev–Trinajstić information content (AvgIpc) is 2.76. The van der Waals surface area contributed by atoms with E-state index in [9.17, 15) is 0 Å². The molecule has 3 atom stereocenters. The molecule has 2 bridgehead atoms. The van der Waals surface area contributed by atoms with Gasteiger partial charge >= 0.3 is 0 Å². The molecule has 0 aromatic heterocycles. The fourth-order valence-electron chi connectivity index (χ4n) is 3.18. The fraction of sp³-hybridized carbons (Fsp3) is 0.533. The van der Waals surface area contributed by atoms with Gasteiger partial charge in [-0.15, -0.1) is 0 Å². The number of hydrogen-bond acceptors (Lipinski definition) is 3. The molecule has 2 saturated heterocycles. The number of morpholine rings is 1. The van der Waals surface area contributed by atoms with Crippen LogP contribution in [0.5, 0.6) is 0 Å². The molecule has 1 aromatic rings. The Kier molecular flexibility index (Phi) is 3.53. The minimum absolute atomic E-state index is 0.00120. The number of nitrogens with one attached hydrogen (secondary N) is 1. The Labute approximate surface area is 114 Å². The molecule has 3 rings (SSSR count). The lowest BCUT2D eigenvalue weighted by Gasteiger charge is -2.34. The quantitative estimate of drug-likeness (QED) is 0.637. The second kappa shape index (κ2) is 5.31. The maximum atomic E-state index is 7.84. The number of benzene rings is 1. The van der Waals surface area contributed by atoms with Gasteiger partial charge < -0.3 is 10.5 Å². The second-order valence-electron chi connectivity index (χ2n) is 5.59. The van der Waals surface area contributed by atoms with Crippen molar-refractivity contribution in [2.75, 3.05) is 19.6 Å². The highest BCUT2D eigenvalue weighted by atomic mass is 16.5. The van der Waals surface area contributed by atoms with Crippen molar-refractivity contribution >= 4 is 5.84 Å². The van der Waals surface area contributed by atoms with E-state index < -0.39 is 0 Å². The summed E-state index contributed by atoms with van der Waals surface area (Å²) in [7, 11) is 0. The van der Waals surface area contributed by atoms with Crippen LogP contribution >= 0.6 is 0 Å². The minimum atomic E-state index is -0.00120. The van der Waals surface area contributed by atoms with E-state index in [1.54, 1.807) is 0 Å². The van der Waals surface area contributed by atoms with Crippen LogP contribution < -0.4 is 5.73 Å². The van der Waals surface area contributed by atoms with Crippen LogP contribution in [-0.4, -0.2) is 42.6 Å². The number of fused-ring (bicyclic) bond motifs is 2. The molecule has 0 spiro atoms. The Morgan fingerprint density at radius 2 is 1.89 bits per heavy atom. The third kappa shape index (κ3) is 2.80. The first-order valence-corrected chi connectivity index (χ1v) is 6.99. The first-order chi connectivity index (χ1) is 9.22. The SMILES string of the molecule is N=C(N)C(CN1CC2CCC(C1)O2)c1ccccc1. The molecule has 3 unspecified atom stereocenters. The Morgan fingerprint density at radius 3 is 2.47 bits per heavy atom. The normalized spacial score (nSPS) is 28.2. The van der Waals surface area contributed by atoms with E-state index in [0.717, 1.165) is 25.2 Å². The number of ether oxygens (including phenoxy) is 1. The summed E-state index contributed by atoms with van der Waals surface area (Å²) in [6.45, 7) is 2.79. The van der Waals surface area contributed by atoms with Gasteiger partial charge in [0, 0.05) is 19.6 Å². The van der Waals surface area contributed by atoms with Gasteiger partial charge in [0.2, 0.25) is 0 Å². The van der Waals surface area contributed by atoms with Gasteiger partial charge in [0.1, 0.15) is 0 Å². The van der Waals surface area contributed by atoms with Crippen LogP contribution in [0.15, 0.2) is 30.3 Å². The molecular formula is C15H21N3O. The van der Waals surface area contributed by atoms with Crippen molar-refractivity contribution in [2.24, 2.45) is 5.73 Å². The van der Waals surface area contributed by atoms with Gasteiger partial charge in [0.25, 0.3) is 0 Å². The molecule has 4 nitrogen and oxygen atoms in total. The van der Waals surface area contributed by atoms with E-state index in [-0.39, 0.29) is 11.8 Å². The molecule has 2 heterocycles. The first kappa shape index (κ1) is 12.6. The number of rotatable bonds is 4. The third-order valence-corrected chi connectivity index (χ3v) is 4.14. The van der Waals surface area contributed by atoms with Crippen LogP contribution in [0.4, 0.5) is 0 Å². The maximum absolute atomic E-state index is 7.84. The van der Waals surface area contributed by atoms with E-state index in [1.165, 1.54) is 12.8 Å². The number of hydrogen-bond donors (Lipinski definition) is 2. The predicted molar refractivity (Wildman–Crippen MR) is 75.4 cm³/mol. The highest BCUT2D eigenvalue weighted by Crippen LogP contribution is 2.28. The molecule has 4 heteroatoms. The van der Waals surface area contributed by atoms with Crippen molar-refractivity contribution in [2.45, 2.75) is 31.0 Å². The molecular weight excluding hydrogens is 238 g/mol. The molecule has 0 saturated carbocycles. The van der Waals surface area contributed by atoms with E-state index in [4.69, 9.17) is 15.9 Å². The molecule has 102 valence electrons. The predicted octanol–water partition coefficient (Wildman–Crippen LogP) is 1.57. The van der Waals surface area contributed by atoms with Gasteiger partial charge in [-0.1, -0.05) is 30.3 Å². The maximum Gasteiger partial charge on any atom is 0.0995 e. The summed E-state index contributed by atoms with van der Waals surface area (Å²) in [4.78, 5) is 2.41. The summed E-state index contributed by atoms with van der Waals surface area (Å²) in [5, 5.41) is 7.84. The lowest BCUT2D eigenvalue weighted by Crippen LogP contribution is -2.45. The van der Waals surface area contributed by atoms with E-state index >= 15 is 0 Å². The number of nitrogens with two attached hydrogens (primary N) is 1. The Hall–Kier alpha value is -1.39. The first-order valence-electron chi connectivity index (χ1n) is 6.99. The van der Waals surface area contributed by atoms with Gasteiger partial charge in [-0.25, -0.2) is 0 Å². The summed E-state index contributed by atoms with van der Waals surface area (Å²) in [5.74, 6) is 0.253. The minimum Gasteiger partial charge on any atom is -0.387 e. The largest absolute Gasteiger partial charge is 0.387 e.